The largest absolute Gasteiger partial charge is 0.416 e. The molecule has 0 aromatic heterocycles. The molecule has 0 fully saturated rings. The summed E-state index contributed by atoms with van der Waals surface area (Å²) in [5, 5.41) is 2.67. The van der Waals surface area contributed by atoms with Crippen molar-refractivity contribution in [1.29, 1.82) is 0 Å². The summed E-state index contributed by atoms with van der Waals surface area (Å²) in [5.74, 6) is -0.240. The van der Waals surface area contributed by atoms with Crippen LogP contribution in [0.4, 0.5) is 13.2 Å². The molecule has 20 heavy (non-hydrogen) atoms. The molecule has 0 aliphatic carbocycles. The van der Waals surface area contributed by atoms with Crippen molar-refractivity contribution in [1.82, 2.24) is 5.32 Å². The predicted molar refractivity (Wildman–Crippen MR) is 71.0 cm³/mol. The fourth-order valence-corrected chi connectivity index (χ4v) is 1.78. The first-order valence-electron chi connectivity index (χ1n) is 6.51. The van der Waals surface area contributed by atoms with Gasteiger partial charge in [-0.3, -0.25) is 4.79 Å². The first-order valence-corrected chi connectivity index (χ1v) is 6.51. The van der Waals surface area contributed by atoms with Crippen LogP contribution in [0.25, 0.3) is 0 Å². The second kappa shape index (κ2) is 7.28. The van der Waals surface area contributed by atoms with Gasteiger partial charge >= 0.3 is 6.18 Å². The molecule has 0 bridgehead atoms. The van der Waals surface area contributed by atoms with E-state index in [0.29, 0.717) is 12.1 Å². The Balaban J connectivity index is 2.46. The Labute approximate surface area is 116 Å². The van der Waals surface area contributed by atoms with Crippen LogP contribution in [0.1, 0.15) is 30.9 Å². The van der Waals surface area contributed by atoms with Crippen LogP contribution in [0.5, 0.6) is 0 Å². The summed E-state index contributed by atoms with van der Waals surface area (Å²) in [6.45, 7) is 2.39. The Morgan fingerprint density at radius 2 is 1.90 bits per heavy atom. The molecule has 1 aromatic carbocycles. The number of alkyl halides is 3. The van der Waals surface area contributed by atoms with Crippen molar-refractivity contribution >= 4 is 5.91 Å². The Morgan fingerprint density at radius 3 is 2.40 bits per heavy atom. The second-order valence-corrected chi connectivity index (χ2v) is 4.72. The number of benzene rings is 1. The van der Waals surface area contributed by atoms with E-state index in [2.05, 4.69) is 5.32 Å². The molecule has 112 valence electrons. The van der Waals surface area contributed by atoms with Crippen LogP contribution in [0, 0.1) is 0 Å². The number of halogens is 3. The number of nitrogens with one attached hydrogen (secondary N) is 1. The maximum atomic E-state index is 12.4. The van der Waals surface area contributed by atoms with E-state index in [9.17, 15) is 18.0 Å². The summed E-state index contributed by atoms with van der Waals surface area (Å²) in [6, 6.07) is 4.50. The van der Waals surface area contributed by atoms with Crippen LogP contribution in [0.15, 0.2) is 24.3 Å². The van der Waals surface area contributed by atoms with E-state index in [0.717, 1.165) is 25.0 Å². The van der Waals surface area contributed by atoms with Gasteiger partial charge in [0.2, 0.25) is 5.91 Å². The molecule has 0 aliphatic heterocycles. The van der Waals surface area contributed by atoms with Gasteiger partial charge in [0.05, 0.1) is 12.0 Å². The van der Waals surface area contributed by atoms with E-state index >= 15 is 0 Å². The van der Waals surface area contributed by atoms with Gasteiger partial charge < -0.3 is 11.1 Å². The van der Waals surface area contributed by atoms with Crippen LogP contribution in [-0.4, -0.2) is 18.5 Å². The monoisotopic (exact) mass is 288 g/mol. The molecule has 0 heterocycles. The lowest BCUT2D eigenvalue weighted by atomic mass is 10.1. The standard InChI is InChI=1S/C14H19F3N2O/c1-2-3-12(18)9-19-13(20)8-10-4-6-11(7-5-10)14(15,16)17/h4-7,12H,2-3,8-9,18H2,1H3,(H,19,20). The third-order valence-electron chi connectivity index (χ3n) is 2.87. The number of carbonyl (C=O) groups excluding carboxylic acids is 1. The minimum atomic E-state index is -4.35. The normalized spacial score (nSPS) is 13.1. The summed E-state index contributed by atoms with van der Waals surface area (Å²) in [5.41, 5.74) is 5.58. The van der Waals surface area contributed by atoms with Gasteiger partial charge in [0.25, 0.3) is 0 Å². The Kier molecular flexibility index (Phi) is 6.01. The Hall–Kier alpha value is -1.56. The van der Waals surface area contributed by atoms with Gasteiger partial charge in [0.15, 0.2) is 0 Å². The third kappa shape index (κ3) is 5.61. The van der Waals surface area contributed by atoms with Crippen molar-refractivity contribution in [3.8, 4) is 0 Å². The molecule has 3 nitrogen and oxygen atoms in total. The molecule has 0 aliphatic rings. The highest BCUT2D eigenvalue weighted by atomic mass is 19.4. The number of carbonyl (C=O) groups is 1. The molecular weight excluding hydrogens is 269 g/mol. The highest BCUT2D eigenvalue weighted by Crippen LogP contribution is 2.29. The SMILES string of the molecule is CCCC(N)CNC(=O)Cc1ccc(C(F)(F)F)cc1. The fraction of sp³-hybridized carbons (Fsp3) is 0.500. The van der Waals surface area contributed by atoms with Crippen molar-refractivity contribution in [3.05, 3.63) is 35.4 Å². The zero-order valence-corrected chi connectivity index (χ0v) is 11.3. The highest BCUT2D eigenvalue weighted by Gasteiger charge is 2.29. The van der Waals surface area contributed by atoms with Crippen LogP contribution < -0.4 is 11.1 Å². The van der Waals surface area contributed by atoms with Gasteiger partial charge in [-0.15, -0.1) is 0 Å². The Morgan fingerprint density at radius 1 is 1.30 bits per heavy atom. The van der Waals surface area contributed by atoms with E-state index in [1.807, 2.05) is 6.92 Å². The highest BCUT2D eigenvalue weighted by molar-refractivity contribution is 5.78. The zero-order valence-electron chi connectivity index (χ0n) is 11.3. The molecule has 0 saturated heterocycles. The van der Waals surface area contributed by atoms with Crippen LogP contribution in [0.3, 0.4) is 0 Å². The summed E-state index contributed by atoms with van der Waals surface area (Å²) < 4.78 is 37.1. The van der Waals surface area contributed by atoms with Gasteiger partial charge in [-0.1, -0.05) is 25.5 Å². The van der Waals surface area contributed by atoms with Gasteiger partial charge in [0, 0.05) is 12.6 Å². The van der Waals surface area contributed by atoms with E-state index in [1.165, 1.54) is 12.1 Å². The van der Waals surface area contributed by atoms with Gasteiger partial charge in [0.1, 0.15) is 0 Å². The predicted octanol–water partition coefficient (Wildman–Crippen LogP) is 2.49. The molecule has 1 amide bonds. The van der Waals surface area contributed by atoms with Crippen LogP contribution >= 0.6 is 0 Å². The van der Waals surface area contributed by atoms with Crippen molar-refractivity contribution in [3.63, 3.8) is 0 Å². The van der Waals surface area contributed by atoms with Crippen molar-refractivity contribution in [2.24, 2.45) is 5.73 Å². The van der Waals surface area contributed by atoms with E-state index in [1.54, 1.807) is 0 Å². The van der Waals surface area contributed by atoms with E-state index in [-0.39, 0.29) is 18.4 Å². The van der Waals surface area contributed by atoms with Crippen molar-refractivity contribution in [2.75, 3.05) is 6.54 Å². The van der Waals surface area contributed by atoms with Crippen molar-refractivity contribution in [2.45, 2.75) is 38.4 Å². The lowest BCUT2D eigenvalue weighted by Crippen LogP contribution is -2.37. The third-order valence-corrected chi connectivity index (χ3v) is 2.87. The molecule has 0 spiro atoms. The number of hydrogen-bond donors (Lipinski definition) is 2. The zero-order chi connectivity index (χ0) is 15.2. The van der Waals surface area contributed by atoms with Gasteiger partial charge in [-0.05, 0) is 24.1 Å². The summed E-state index contributed by atoms with van der Waals surface area (Å²) in [6.07, 6.45) is -2.54. The lowest BCUT2D eigenvalue weighted by Gasteiger charge is -2.12. The Bertz CT molecular complexity index is 429. The van der Waals surface area contributed by atoms with E-state index < -0.39 is 11.7 Å². The molecule has 1 rings (SSSR count). The fourth-order valence-electron chi connectivity index (χ4n) is 1.78. The lowest BCUT2D eigenvalue weighted by molar-refractivity contribution is -0.137. The second-order valence-electron chi connectivity index (χ2n) is 4.72. The van der Waals surface area contributed by atoms with Crippen molar-refractivity contribution < 1.29 is 18.0 Å². The van der Waals surface area contributed by atoms with Gasteiger partial charge in [-0.2, -0.15) is 13.2 Å². The number of rotatable bonds is 6. The number of hydrogen-bond acceptors (Lipinski definition) is 2. The number of nitrogens with two attached hydrogens (primary N) is 1. The molecule has 6 heteroatoms. The molecule has 1 unspecified atom stereocenters. The number of amides is 1. The average molecular weight is 288 g/mol. The first kappa shape index (κ1) is 16.5. The maximum Gasteiger partial charge on any atom is 0.416 e. The first-order chi connectivity index (χ1) is 9.32. The van der Waals surface area contributed by atoms with Crippen LogP contribution in [-0.2, 0) is 17.4 Å². The van der Waals surface area contributed by atoms with Gasteiger partial charge in [-0.25, -0.2) is 0 Å². The van der Waals surface area contributed by atoms with E-state index in [4.69, 9.17) is 5.73 Å². The smallest absolute Gasteiger partial charge is 0.354 e. The topological polar surface area (TPSA) is 55.1 Å². The summed E-state index contributed by atoms with van der Waals surface area (Å²) in [7, 11) is 0. The minimum Gasteiger partial charge on any atom is -0.354 e. The molecular formula is C14H19F3N2O. The molecule has 1 atom stereocenters. The average Bonchev–Trinajstić information content (AvgIpc) is 2.36. The minimum absolute atomic E-state index is 0.0526. The molecule has 0 saturated carbocycles. The molecule has 1 aromatic rings. The summed E-state index contributed by atoms with van der Waals surface area (Å²) in [4.78, 5) is 11.6. The van der Waals surface area contributed by atoms with Crippen LogP contribution in [0.2, 0.25) is 0 Å². The molecule has 0 radical (unpaired) electrons. The quantitative estimate of drug-likeness (QED) is 0.845. The molecule has 3 N–H and O–H groups in total. The summed E-state index contributed by atoms with van der Waals surface area (Å²) >= 11 is 0. The maximum absolute atomic E-state index is 12.4.